The second-order valence-electron chi connectivity index (χ2n) is 6.78. The predicted molar refractivity (Wildman–Crippen MR) is 122 cm³/mol. The lowest BCUT2D eigenvalue weighted by Gasteiger charge is -2.15. The van der Waals surface area contributed by atoms with Gasteiger partial charge in [-0.1, -0.05) is 11.6 Å². The Bertz CT molecular complexity index is 1160. The van der Waals surface area contributed by atoms with E-state index < -0.39 is 11.7 Å². The Kier molecular flexibility index (Phi) is 6.72. The van der Waals surface area contributed by atoms with Crippen molar-refractivity contribution in [2.45, 2.75) is 13.8 Å². The summed E-state index contributed by atoms with van der Waals surface area (Å²) in [6.45, 7) is 3.23. The maximum atomic E-state index is 13.2. The zero-order valence-electron chi connectivity index (χ0n) is 17.0. The van der Waals surface area contributed by atoms with Crippen LogP contribution in [0.2, 0.25) is 5.02 Å². The monoisotopic (exact) mass is 459 g/mol. The summed E-state index contributed by atoms with van der Waals surface area (Å²) < 4.78 is 13.2. The summed E-state index contributed by atoms with van der Waals surface area (Å²) in [7, 11) is 1.67. The third-order valence-electron chi connectivity index (χ3n) is 4.52. The van der Waals surface area contributed by atoms with Crippen molar-refractivity contribution in [1.29, 1.82) is 0 Å². The van der Waals surface area contributed by atoms with Crippen LogP contribution in [0.15, 0.2) is 48.5 Å². The quantitative estimate of drug-likeness (QED) is 0.540. The Labute approximate surface area is 187 Å². The Morgan fingerprint density at radius 1 is 1.00 bits per heavy atom. The van der Waals surface area contributed by atoms with Crippen molar-refractivity contribution < 1.29 is 18.8 Å². The number of carbonyl (C=O) groups is 3. The van der Waals surface area contributed by atoms with Crippen LogP contribution in [0.3, 0.4) is 0 Å². The lowest BCUT2D eigenvalue weighted by Crippen LogP contribution is -2.22. The van der Waals surface area contributed by atoms with E-state index in [1.165, 1.54) is 17.9 Å². The maximum absolute atomic E-state index is 13.2. The fourth-order valence-corrected chi connectivity index (χ4v) is 3.98. The lowest BCUT2D eigenvalue weighted by atomic mass is 10.2. The average Bonchev–Trinajstić information content (AvgIpc) is 3.07. The molecule has 0 aliphatic carbocycles. The molecule has 2 N–H and O–H groups in total. The number of hydrogen-bond donors (Lipinski definition) is 2. The maximum Gasteiger partial charge on any atom is 0.266 e. The highest BCUT2D eigenvalue weighted by Crippen LogP contribution is 2.29. The van der Waals surface area contributed by atoms with E-state index in [1.54, 1.807) is 44.3 Å². The predicted octanol–water partition coefficient (Wildman–Crippen LogP) is 5.34. The molecule has 0 spiro atoms. The number of thiophene rings is 1. The Hall–Kier alpha value is -3.23. The fraction of sp³-hybridized carbons (Fsp3) is 0.136. The second-order valence-corrected chi connectivity index (χ2v) is 8.24. The van der Waals surface area contributed by atoms with E-state index in [0.29, 0.717) is 26.8 Å². The van der Waals surface area contributed by atoms with Crippen LogP contribution in [-0.2, 0) is 4.79 Å². The number of halogens is 2. The van der Waals surface area contributed by atoms with E-state index in [1.807, 2.05) is 0 Å². The topological polar surface area (TPSA) is 78.5 Å². The van der Waals surface area contributed by atoms with Gasteiger partial charge in [-0.3, -0.25) is 14.4 Å². The summed E-state index contributed by atoms with van der Waals surface area (Å²) in [5, 5.41) is 5.95. The second kappa shape index (κ2) is 9.28. The van der Waals surface area contributed by atoms with Gasteiger partial charge in [-0.15, -0.1) is 11.3 Å². The van der Waals surface area contributed by atoms with Gasteiger partial charge in [0.2, 0.25) is 5.91 Å². The van der Waals surface area contributed by atoms with E-state index in [9.17, 15) is 18.8 Å². The number of nitrogens with zero attached hydrogens (tertiary/aromatic N) is 1. The fourth-order valence-electron chi connectivity index (χ4n) is 2.76. The first-order valence-corrected chi connectivity index (χ1v) is 10.4. The highest BCUT2D eigenvalue weighted by molar-refractivity contribution is 7.18. The van der Waals surface area contributed by atoms with Crippen LogP contribution < -0.4 is 15.5 Å². The van der Waals surface area contributed by atoms with Crippen LogP contribution in [0, 0.1) is 12.7 Å². The van der Waals surface area contributed by atoms with Gasteiger partial charge in [0.1, 0.15) is 5.82 Å². The number of anilines is 3. The third-order valence-corrected chi connectivity index (χ3v) is 5.99. The number of amides is 3. The molecule has 0 fully saturated rings. The van der Waals surface area contributed by atoms with Gasteiger partial charge in [-0.05, 0) is 61.0 Å². The number of hydrogen-bond acceptors (Lipinski definition) is 4. The molecule has 0 aliphatic heterocycles. The van der Waals surface area contributed by atoms with Crippen LogP contribution in [0.5, 0.6) is 0 Å². The van der Waals surface area contributed by atoms with Crippen LogP contribution in [0.4, 0.5) is 20.8 Å². The highest BCUT2D eigenvalue weighted by atomic mass is 35.5. The van der Waals surface area contributed by atoms with E-state index in [4.69, 9.17) is 11.6 Å². The van der Waals surface area contributed by atoms with Crippen LogP contribution >= 0.6 is 22.9 Å². The highest BCUT2D eigenvalue weighted by Gasteiger charge is 2.17. The van der Waals surface area contributed by atoms with Gasteiger partial charge in [-0.25, -0.2) is 4.39 Å². The summed E-state index contributed by atoms with van der Waals surface area (Å²) in [5.74, 6) is -1.45. The van der Waals surface area contributed by atoms with Crippen molar-refractivity contribution in [3.63, 3.8) is 0 Å². The molecule has 9 heteroatoms. The van der Waals surface area contributed by atoms with Gasteiger partial charge in [-0.2, -0.15) is 0 Å². The SMILES string of the molecule is CC(=O)N(C)c1ccc(NC(=O)c2sc(NC(=O)c3ccc(F)cc3Cl)cc2C)cc1. The molecule has 3 rings (SSSR count). The first kappa shape index (κ1) is 22.5. The first-order chi connectivity index (χ1) is 14.7. The minimum absolute atomic E-state index is 0.00242. The van der Waals surface area contributed by atoms with Crippen LogP contribution in [0.25, 0.3) is 0 Å². The number of benzene rings is 2. The molecule has 2 aromatic carbocycles. The molecule has 1 heterocycles. The minimum atomic E-state index is -0.534. The zero-order valence-corrected chi connectivity index (χ0v) is 18.5. The van der Waals surface area contributed by atoms with Crippen LogP contribution in [-0.4, -0.2) is 24.8 Å². The van der Waals surface area contributed by atoms with Crippen molar-refractivity contribution >= 4 is 57.0 Å². The Morgan fingerprint density at radius 2 is 1.68 bits per heavy atom. The van der Waals surface area contributed by atoms with E-state index in [0.717, 1.165) is 23.5 Å². The standard InChI is InChI=1S/C22H19ClFN3O3S/c1-12-10-19(26-21(29)17-9-4-14(24)11-18(17)23)31-20(12)22(30)25-15-5-7-16(8-6-15)27(3)13(2)28/h4-11H,1-3H3,(H,25,30)(H,26,29). The largest absolute Gasteiger partial charge is 0.321 e. The molecule has 31 heavy (non-hydrogen) atoms. The summed E-state index contributed by atoms with van der Waals surface area (Å²) in [4.78, 5) is 38.5. The van der Waals surface area contributed by atoms with Crippen molar-refractivity contribution in [3.8, 4) is 0 Å². The smallest absolute Gasteiger partial charge is 0.266 e. The molecule has 0 saturated heterocycles. The molecule has 0 unspecified atom stereocenters. The van der Waals surface area contributed by atoms with Gasteiger partial charge in [0, 0.05) is 25.3 Å². The normalized spacial score (nSPS) is 10.5. The van der Waals surface area contributed by atoms with Crippen molar-refractivity contribution in [2.75, 3.05) is 22.6 Å². The molecule has 0 atom stereocenters. The molecule has 0 saturated carbocycles. The molecule has 0 bridgehead atoms. The van der Waals surface area contributed by atoms with E-state index in [2.05, 4.69) is 10.6 Å². The zero-order chi connectivity index (χ0) is 22.7. The minimum Gasteiger partial charge on any atom is -0.321 e. The van der Waals surface area contributed by atoms with Crippen molar-refractivity contribution in [1.82, 2.24) is 0 Å². The summed E-state index contributed by atoms with van der Waals surface area (Å²) in [6, 6.07) is 12.1. The number of aryl methyl sites for hydroxylation is 1. The molecule has 1 aromatic heterocycles. The molecule has 0 radical (unpaired) electrons. The van der Waals surface area contributed by atoms with Gasteiger partial charge >= 0.3 is 0 Å². The molecule has 3 amide bonds. The average molecular weight is 460 g/mol. The molecule has 6 nitrogen and oxygen atoms in total. The summed E-state index contributed by atoms with van der Waals surface area (Å²) in [5.41, 5.74) is 2.11. The first-order valence-electron chi connectivity index (χ1n) is 9.18. The van der Waals surface area contributed by atoms with E-state index >= 15 is 0 Å². The van der Waals surface area contributed by atoms with Gasteiger partial charge < -0.3 is 15.5 Å². The van der Waals surface area contributed by atoms with Crippen LogP contribution in [0.1, 0.15) is 32.5 Å². The van der Waals surface area contributed by atoms with Gasteiger partial charge in [0.25, 0.3) is 11.8 Å². The number of rotatable bonds is 5. The lowest BCUT2D eigenvalue weighted by molar-refractivity contribution is -0.116. The molecule has 3 aromatic rings. The van der Waals surface area contributed by atoms with E-state index in [-0.39, 0.29) is 22.4 Å². The number of nitrogens with one attached hydrogen (secondary N) is 2. The molecule has 160 valence electrons. The Morgan fingerprint density at radius 3 is 2.29 bits per heavy atom. The third kappa shape index (κ3) is 5.28. The van der Waals surface area contributed by atoms with Crippen molar-refractivity contribution in [2.24, 2.45) is 0 Å². The molecule has 0 aliphatic rings. The van der Waals surface area contributed by atoms with Gasteiger partial charge in [0.15, 0.2) is 0 Å². The molecular weight excluding hydrogens is 441 g/mol. The van der Waals surface area contributed by atoms with Gasteiger partial charge in [0.05, 0.1) is 20.5 Å². The summed E-state index contributed by atoms with van der Waals surface area (Å²) in [6.07, 6.45) is 0. The Balaban J connectivity index is 1.70. The summed E-state index contributed by atoms with van der Waals surface area (Å²) >= 11 is 7.05. The molecular formula is C22H19ClFN3O3S. The van der Waals surface area contributed by atoms with Crippen molar-refractivity contribution in [3.05, 3.63) is 75.4 Å². The number of carbonyl (C=O) groups excluding carboxylic acids is 3.